The molecule has 1 saturated carbocycles. The lowest BCUT2D eigenvalue weighted by molar-refractivity contribution is 0.104. The van der Waals surface area contributed by atoms with Crippen LogP contribution in [0, 0.1) is 11.8 Å². The number of urea groups is 1. The zero-order valence-corrected chi connectivity index (χ0v) is 18.3. The van der Waals surface area contributed by atoms with Gasteiger partial charge in [0.05, 0.1) is 6.61 Å². The molecule has 3 heterocycles. The number of carbonyl (C=O) groups is 1. The van der Waals surface area contributed by atoms with Crippen molar-refractivity contribution in [2.45, 2.75) is 70.6 Å². The molecular formula is C24H38N4O2. The molecule has 2 amide bonds. The molecule has 2 N–H and O–H groups in total. The highest BCUT2D eigenvalue weighted by Crippen LogP contribution is 2.33. The minimum atomic E-state index is -0.193. The molecule has 0 aromatic carbocycles. The number of nitrogens with one attached hydrogen (secondary N) is 2. The third-order valence-electron chi connectivity index (χ3n) is 7.11. The summed E-state index contributed by atoms with van der Waals surface area (Å²) in [6, 6.07) is 3.73. The average Bonchev–Trinajstić information content (AvgIpc) is 2.85. The summed E-state index contributed by atoms with van der Waals surface area (Å²) in [5.74, 6) is 3.14. The summed E-state index contributed by atoms with van der Waals surface area (Å²) in [6.45, 7) is 5.09. The molecule has 2 fully saturated rings. The molecule has 2 atom stereocenters. The average molecular weight is 415 g/mol. The Balaban J connectivity index is 1.16. The first kappa shape index (κ1) is 21.4. The van der Waals surface area contributed by atoms with Crippen LogP contribution in [0.2, 0.25) is 0 Å². The number of amides is 2. The highest BCUT2D eigenvalue weighted by Gasteiger charge is 2.28. The van der Waals surface area contributed by atoms with Crippen LogP contribution in [0.4, 0.5) is 10.6 Å². The van der Waals surface area contributed by atoms with E-state index in [1.807, 2.05) is 12.1 Å². The molecule has 2 unspecified atom stereocenters. The van der Waals surface area contributed by atoms with Crippen molar-refractivity contribution in [3.8, 4) is 5.88 Å². The van der Waals surface area contributed by atoms with Crippen LogP contribution in [0.3, 0.4) is 0 Å². The summed E-state index contributed by atoms with van der Waals surface area (Å²) in [5, 5.41) is 5.59. The van der Waals surface area contributed by atoms with Crippen LogP contribution in [0.15, 0.2) is 12.1 Å². The van der Waals surface area contributed by atoms with Gasteiger partial charge in [-0.05, 0) is 68.7 Å². The minimum Gasteiger partial charge on any atom is -0.478 e. The fourth-order valence-electron chi connectivity index (χ4n) is 5.35. The van der Waals surface area contributed by atoms with Gasteiger partial charge in [0.15, 0.2) is 0 Å². The van der Waals surface area contributed by atoms with Crippen molar-refractivity contribution >= 4 is 11.8 Å². The van der Waals surface area contributed by atoms with E-state index >= 15 is 0 Å². The highest BCUT2D eigenvalue weighted by molar-refractivity contribution is 5.89. The van der Waals surface area contributed by atoms with Crippen LogP contribution in [0.25, 0.3) is 0 Å². The molecule has 1 aromatic rings. The molecule has 0 bridgehead atoms. The van der Waals surface area contributed by atoms with Gasteiger partial charge in [-0.2, -0.15) is 4.98 Å². The lowest BCUT2D eigenvalue weighted by atomic mass is 9.80. The van der Waals surface area contributed by atoms with Gasteiger partial charge >= 0.3 is 6.03 Å². The number of fused-ring (bicyclic) bond motifs is 2. The van der Waals surface area contributed by atoms with Gasteiger partial charge in [0.2, 0.25) is 5.88 Å². The normalized spacial score (nSPS) is 25.4. The third-order valence-corrected chi connectivity index (χ3v) is 7.11. The van der Waals surface area contributed by atoms with Gasteiger partial charge in [-0.15, -0.1) is 0 Å². The summed E-state index contributed by atoms with van der Waals surface area (Å²) >= 11 is 0. The Kier molecular flexibility index (Phi) is 7.84. The Hall–Kier alpha value is -1.82. The van der Waals surface area contributed by atoms with Gasteiger partial charge in [0.25, 0.3) is 0 Å². The number of likely N-dealkylation sites (tertiary alicyclic amines) is 1. The van der Waals surface area contributed by atoms with Crippen molar-refractivity contribution in [3.63, 3.8) is 0 Å². The van der Waals surface area contributed by atoms with Crippen molar-refractivity contribution in [2.24, 2.45) is 11.8 Å². The van der Waals surface area contributed by atoms with Crippen molar-refractivity contribution in [1.82, 2.24) is 15.2 Å². The quantitative estimate of drug-likeness (QED) is 0.668. The zero-order valence-electron chi connectivity index (χ0n) is 18.3. The number of nitrogens with zero attached hydrogens (tertiary/aromatic N) is 2. The molecule has 2 aliphatic heterocycles. The maximum atomic E-state index is 11.6. The molecule has 6 nitrogen and oxygen atoms in total. The van der Waals surface area contributed by atoms with Crippen LogP contribution >= 0.6 is 0 Å². The number of hydrogen-bond donors (Lipinski definition) is 2. The first-order chi connectivity index (χ1) is 14.8. The Labute approximate surface area is 181 Å². The fourth-order valence-corrected chi connectivity index (χ4v) is 5.35. The van der Waals surface area contributed by atoms with E-state index < -0.39 is 0 Å². The zero-order chi connectivity index (χ0) is 20.6. The molecular weight excluding hydrogens is 376 g/mol. The lowest BCUT2D eigenvalue weighted by Crippen LogP contribution is -2.41. The van der Waals surface area contributed by atoms with E-state index in [2.05, 4.69) is 20.5 Å². The van der Waals surface area contributed by atoms with E-state index in [1.165, 1.54) is 77.4 Å². The summed E-state index contributed by atoms with van der Waals surface area (Å²) in [6.07, 6.45) is 14.6. The maximum Gasteiger partial charge on any atom is 0.320 e. The minimum absolute atomic E-state index is 0.193. The molecule has 4 rings (SSSR count). The van der Waals surface area contributed by atoms with Crippen molar-refractivity contribution < 1.29 is 9.53 Å². The number of anilines is 1. The van der Waals surface area contributed by atoms with Crippen LogP contribution in [-0.2, 0) is 6.42 Å². The van der Waals surface area contributed by atoms with Crippen molar-refractivity contribution in [3.05, 3.63) is 17.7 Å². The van der Waals surface area contributed by atoms with Gasteiger partial charge < -0.3 is 15.0 Å². The van der Waals surface area contributed by atoms with Crippen molar-refractivity contribution in [1.29, 1.82) is 0 Å². The van der Waals surface area contributed by atoms with Gasteiger partial charge in [0.1, 0.15) is 5.82 Å². The summed E-state index contributed by atoms with van der Waals surface area (Å²) in [7, 11) is 0. The van der Waals surface area contributed by atoms with Crippen LogP contribution < -0.4 is 15.4 Å². The van der Waals surface area contributed by atoms with Crippen LogP contribution in [-0.4, -0.2) is 48.7 Å². The maximum absolute atomic E-state index is 11.6. The predicted octanol–water partition coefficient (Wildman–Crippen LogP) is 4.60. The van der Waals surface area contributed by atoms with Crippen LogP contribution in [0.1, 0.15) is 69.8 Å². The third kappa shape index (κ3) is 6.10. The second-order valence-corrected chi connectivity index (χ2v) is 9.30. The number of ether oxygens (including phenoxy) is 1. The summed E-state index contributed by atoms with van der Waals surface area (Å²) in [5.41, 5.74) is 1.05. The lowest BCUT2D eigenvalue weighted by Gasteiger charge is -2.38. The summed E-state index contributed by atoms with van der Waals surface area (Å²) in [4.78, 5) is 18.8. The van der Waals surface area contributed by atoms with E-state index in [1.54, 1.807) is 0 Å². The molecule has 1 aromatic heterocycles. The van der Waals surface area contributed by atoms with Gasteiger partial charge in [-0.3, -0.25) is 5.32 Å². The highest BCUT2D eigenvalue weighted by atomic mass is 16.5. The number of carbonyl (C=O) groups excluding carboxylic acids is 1. The molecule has 30 heavy (non-hydrogen) atoms. The number of rotatable bonds is 6. The molecule has 3 aliphatic rings. The number of piperidine rings is 1. The molecule has 0 spiro atoms. The summed E-state index contributed by atoms with van der Waals surface area (Å²) < 4.78 is 5.87. The van der Waals surface area contributed by atoms with E-state index in [-0.39, 0.29) is 6.03 Å². The number of unbranched alkanes of at least 4 members (excludes halogenated alkanes) is 1. The van der Waals surface area contributed by atoms with E-state index in [9.17, 15) is 4.79 Å². The SMILES string of the molecule is O=C1NCCc2ccc(OCCCCN3CCC4CCCCCCCC4C3)nc2N1. The molecule has 6 heteroatoms. The van der Waals surface area contributed by atoms with E-state index in [0.717, 1.165) is 30.2 Å². The van der Waals surface area contributed by atoms with Gasteiger partial charge in [0, 0.05) is 19.2 Å². The van der Waals surface area contributed by atoms with Gasteiger partial charge in [-0.25, -0.2) is 4.79 Å². The number of pyridine rings is 1. The molecule has 166 valence electrons. The second kappa shape index (κ2) is 11.0. The molecule has 1 saturated heterocycles. The fraction of sp³-hybridized carbons (Fsp3) is 0.750. The Morgan fingerprint density at radius 3 is 2.77 bits per heavy atom. The first-order valence-corrected chi connectivity index (χ1v) is 12.2. The Morgan fingerprint density at radius 2 is 1.87 bits per heavy atom. The Morgan fingerprint density at radius 1 is 1.03 bits per heavy atom. The monoisotopic (exact) mass is 414 g/mol. The smallest absolute Gasteiger partial charge is 0.320 e. The van der Waals surface area contributed by atoms with E-state index in [0.29, 0.717) is 24.8 Å². The first-order valence-electron chi connectivity index (χ1n) is 12.2. The van der Waals surface area contributed by atoms with Gasteiger partial charge in [-0.1, -0.05) is 38.5 Å². The van der Waals surface area contributed by atoms with E-state index in [4.69, 9.17) is 4.74 Å². The van der Waals surface area contributed by atoms with Crippen LogP contribution in [0.5, 0.6) is 5.88 Å². The second-order valence-electron chi connectivity index (χ2n) is 9.30. The Bertz CT molecular complexity index is 696. The molecule has 1 aliphatic carbocycles. The molecule has 0 radical (unpaired) electrons. The number of hydrogen-bond acceptors (Lipinski definition) is 4. The van der Waals surface area contributed by atoms with Crippen molar-refractivity contribution in [2.75, 3.05) is 38.1 Å². The predicted molar refractivity (Wildman–Crippen MR) is 120 cm³/mol. The topological polar surface area (TPSA) is 66.5 Å². The standard InChI is InChI=1S/C24H38N4O2/c29-24-25-14-12-20-10-11-22(26-23(20)27-24)30-17-7-6-15-28-16-13-19-8-4-2-1-3-5-9-21(19)18-28/h10-11,19,21H,1-9,12-18H2,(H2,25,26,27,29). The largest absolute Gasteiger partial charge is 0.478 e. The number of aromatic nitrogens is 1.